The molecular formula is C12H23NO. The Morgan fingerprint density at radius 2 is 2.00 bits per heavy atom. The molecule has 2 aliphatic carbocycles. The molecule has 2 aliphatic rings. The highest BCUT2D eigenvalue weighted by atomic mass is 16.5. The summed E-state index contributed by atoms with van der Waals surface area (Å²) in [5.74, 6) is 1.99. The van der Waals surface area contributed by atoms with Gasteiger partial charge in [-0.2, -0.15) is 0 Å². The first-order valence-electron chi connectivity index (χ1n) is 5.99. The van der Waals surface area contributed by atoms with Crippen LogP contribution in [0, 0.1) is 11.8 Å². The minimum Gasteiger partial charge on any atom is -0.380 e. The zero-order valence-corrected chi connectivity index (χ0v) is 9.62. The molecule has 2 saturated carbocycles. The number of hydrogen-bond donors (Lipinski definition) is 1. The van der Waals surface area contributed by atoms with E-state index in [1.807, 2.05) is 0 Å². The fourth-order valence-electron chi connectivity index (χ4n) is 3.13. The predicted molar refractivity (Wildman–Crippen MR) is 58.3 cm³/mol. The number of nitrogens with one attached hydrogen (secondary N) is 1. The standard InChI is InChI=1S/C12H23NO/c1-8(9(2)14-3)13-12-7-10-4-5-11(12)6-10/h8-13H,4-7H2,1-3H3. The van der Waals surface area contributed by atoms with E-state index in [0.717, 1.165) is 17.9 Å². The molecule has 2 rings (SSSR count). The van der Waals surface area contributed by atoms with E-state index < -0.39 is 0 Å². The lowest BCUT2D eigenvalue weighted by atomic mass is 9.94. The van der Waals surface area contributed by atoms with Crippen LogP contribution >= 0.6 is 0 Å². The highest BCUT2D eigenvalue weighted by molar-refractivity contribution is 4.95. The molecule has 0 aromatic rings. The van der Waals surface area contributed by atoms with Crippen molar-refractivity contribution in [3.05, 3.63) is 0 Å². The van der Waals surface area contributed by atoms with Crippen LogP contribution in [0.2, 0.25) is 0 Å². The summed E-state index contributed by atoms with van der Waals surface area (Å²) < 4.78 is 5.34. The first-order valence-corrected chi connectivity index (χ1v) is 5.99. The topological polar surface area (TPSA) is 21.3 Å². The van der Waals surface area contributed by atoms with E-state index in [4.69, 9.17) is 4.74 Å². The summed E-state index contributed by atoms with van der Waals surface area (Å²) in [6.07, 6.45) is 6.15. The third-order valence-corrected chi connectivity index (χ3v) is 4.29. The molecule has 2 heteroatoms. The van der Waals surface area contributed by atoms with Gasteiger partial charge in [0.05, 0.1) is 6.10 Å². The Balaban J connectivity index is 1.80. The van der Waals surface area contributed by atoms with Crippen molar-refractivity contribution in [3.63, 3.8) is 0 Å². The van der Waals surface area contributed by atoms with Crippen molar-refractivity contribution in [2.24, 2.45) is 11.8 Å². The lowest BCUT2D eigenvalue weighted by molar-refractivity contribution is 0.0808. The fourth-order valence-corrected chi connectivity index (χ4v) is 3.13. The fraction of sp³-hybridized carbons (Fsp3) is 1.00. The number of rotatable bonds is 4. The van der Waals surface area contributed by atoms with E-state index in [0.29, 0.717) is 12.1 Å². The quantitative estimate of drug-likeness (QED) is 0.746. The monoisotopic (exact) mass is 197 g/mol. The average Bonchev–Trinajstić information content (AvgIpc) is 2.77. The molecule has 5 unspecified atom stereocenters. The zero-order valence-electron chi connectivity index (χ0n) is 9.62. The second-order valence-electron chi connectivity index (χ2n) is 5.18. The molecule has 2 fully saturated rings. The molecule has 14 heavy (non-hydrogen) atoms. The van der Waals surface area contributed by atoms with Gasteiger partial charge in [-0.15, -0.1) is 0 Å². The van der Waals surface area contributed by atoms with Crippen molar-refractivity contribution in [2.45, 2.75) is 57.7 Å². The van der Waals surface area contributed by atoms with Crippen LogP contribution in [0.15, 0.2) is 0 Å². The van der Waals surface area contributed by atoms with Crippen LogP contribution in [0.1, 0.15) is 39.5 Å². The summed E-state index contributed by atoms with van der Waals surface area (Å²) in [6.45, 7) is 4.38. The molecule has 0 aromatic carbocycles. The summed E-state index contributed by atoms with van der Waals surface area (Å²) in [6, 6.07) is 1.27. The van der Waals surface area contributed by atoms with Crippen LogP contribution in [-0.4, -0.2) is 25.3 Å². The Hall–Kier alpha value is -0.0800. The van der Waals surface area contributed by atoms with Crippen molar-refractivity contribution in [1.82, 2.24) is 5.32 Å². The van der Waals surface area contributed by atoms with Gasteiger partial charge in [-0.1, -0.05) is 6.42 Å². The first kappa shape index (κ1) is 10.4. The van der Waals surface area contributed by atoms with Gasteiger partial charge in [0.1, 0.15) is 0 Å². The molecular weight excluding hydrogens is 174 g/mol. The normalized spacial score (nSPS) is 40.1. The summed E-state index contributed by atoms with van der Waals surface area (Å²) in [5.41, 5.74) is 0. The van der Waals surface area contributed by atoms with Gasteiger partial charge < -0.3 is 10.1 Å². The van der Waals surface area contributed by atoms with Gasteiger partial charge in [0, 0.05) is 19.2 Å². The molecule has 2 nitrogen and oxygen atoms in total. The van der Waals surface area contributed by atoms with E-state index in [1.54, 1.807) is 7.11 Å². The number of hydrogen-bond acceptors (Lipinski definition) is 2. The van der Waals surface area contributed by atoms with Crippen molar-refractivity contribution in [2.75, 3.05) is 7.11 Å². The van der Waals surface area contributed by atoms with Gasteiger partial charge in [-0.25, -0.2) is 0 Å². The van der Waals surface area contributed by atoms with E-state index in [1.165, 1.54) is 25.7 Å². The summed E-state index contributed by atoms with van der Waals surface area (Å²) in [4.78, 5) is 0. The van der Waals surface area contributed by atoms with Gasteiger partial charge in [0.15, 0.2) is 0 Å². The van der Waals surface area contributed by atoms with Crippen LogP contribution in [0.25, 0.3) is 0 Å². The van der Waals surface area contributed by atoms with Gasteiger partial charge in [0.2, 0.25) is 0 Å². The summed E-state index contributed by atoms with van der Waals surface area (Å²) in [5, 5.41) is 3.74. The maximum absolute atomic E-state index is 5.34. The smallest absolute Gasteiger partial charge is 0.0693 e. The Morgan fingerprint density at radius 3 is 2.50 bits per heavy atom. The average molecular weight is 197 g/mol. The second-order valence-corrected chi connectivity index (χ2v) is 5.18. The van der Waals surface area contributed by atoms with E-state index in [-0.39, 0.29) is 0 Å². The van der Waals surface area contributed by atoms with Crippen molar-refractivity contribution in [1.29, 1.82) is 0 Å². The maximum Gasteiger partial charge on any atom is 0.0693 e. The lowest BCUT2D eigenvalue weighted by Gasteiger charge is -2.29. The van der Waals surface area contributed by atoms with E-state index in [2.05, 4.69) is 19.2 Å². The van der Waals surface area contributed by atoms with Gasteiger partial charge in [0.25, 0.3) is 0 Å². The van der Waals surface area contributed by atoms with Crippen molar-refractivity contribution < 1.29 is 4.74 Å². The SMILES string of the molecule is COC(C)C(C)NC1CC2CCC1C2. The second kappa shape index (κ2) is 4.19. The van der Waals surface area contributed by atoms with Crippen molar-refractivity contribution in [3.8, 4) is 0 Å². The highest BCUT2D eigenvalue weighted by Crippen LogP contribution is 2.44. The number of fused-ring (bicyclic) bond motifs is 2. The molecule has 5 atom stereocenters. The number of ether oxygens (including phenoxy) is 1. The molecule has 0 radical (unpaired) electrons. The van der Waals surface area contributed by atoms with Gasteiger partial charge >= 0.3 is 0 Å². The van der Waals surface area contributed by atoms with Crippen LogP contribution in [0.4, 0.5) is 0 Å². The largest absolute Gasteiger partial charge is 0.380 e. The van der Waals surface area contributed by atoms with E-state index in [9.17, 15) is 0 Å². The zero-order chi connectivity index (χ0) is 10.1. The van der Waals surface area contributed by atoms with Crippen LogP contribution in [0.5, 0.6) is 0 Å². The maximum atomic E-state index is 5.34. The Morgan fingerprint density at radius 1 is 1.21 bits per heavy atom. The minimum absolute atomic E-state index is 0.328. The number of methoxy groups -OCH3 is 1. The molecule has 82 valence electrons. The molecule has 0 aromatic heterocycles. The van der Waals surface area contributed by atoms with Crippen molar-refractivity contribution >= 4 is 0 Å². The highest BCUT2D eigenvalue weighted by Gasteiger charge is 2.39. The predicted octanol–water partition coefficient (Wildman–Crippen LogP) is 2.19. The molecule has 1 N–H and O–H groups in total. The van der Waals surface area contributed by atoms with Crippen LogP contribution in [-0.2, 0) is 4.74 Å². The molecule has 0 spiro atoms. The van der Waals surface area contributed by atoms with Crippen LogP contribution < -0.4 is 5.32 Å². The Labute approximate surface area is 87.4 Å². The third-order valence-electron chi connectivity index (χ3n) is 4.29. The summed E-state index contributed by atoms with van der Waals surface area (Å²) >= 11 is 0. The molecule has 0 amide bonds. The minimum atomic E-state index is 0.328. The lowest BCUT2D eigenvalue weighted by Crippen LogP contribution is -2.45. The van der Waals surface area contributed by atoms with Crippen LogP contribution in [0.3, 0.4) is 0 Å². The molecule has 0 aliphatic heterocycles. The Kier molecular flexibility index (Phi) is 3.13. The summed E-state index contributed by atoms with van der Waals surface area (Å²) in [7, 11) is 1.80. The van der Waals surface area contributed by atoms with Gasteiger partial charge in [-0.3, -0.25) is 0 Å². The third kappa shape index (κ3) is 1.96. The first-order chi connectivity index (χ1) is 6.70. The molecule has 2 bridgehead atoms. The molecule has 0 heterocycles. The van der Waals surface area contributed by atoms with E-state index >= 15 is 0 Å². The van der Waals surface area contributed by atoms with Gasteiger partial charge in [-0.05, 0) is 44.9 Å². The Bertz CT molecular complexity index is 195. The molecule has 0 saturated heterocycles.